The highest BCUT2D eigenvalue weighted by atomic mass is 35.7. The lowest BCUT2D eigenvalue weighted by atomic mass is 10.3. The Kier molecular flexibility index (Phi) is 6.11. The molecule has 0 spiro atoms. The molecular weight excluding hydrogens is 276 g/mol. The maximum atomic E-state index is 11.4. The largest absolute Gasteiger partial charge is 0.375 e. The van der Waals surface area contributed by atoms with Crippen molar-refractivity contribution in [3.8, 4) is 0 Å². The van der Waals surface area contributed by atoms with E-state index in [2.05, 4.69) is 12.0 Å². The summed E-state index contributed by atoms with van der Waals surface area (Å²) in [5, 5.41) is 4.21. The summed E-state index contributed by atoms with van der Waals surface area (Å²) in [6.45, 7) is 5.48. The third kappa shape index (κ3) is 4.59. The van der Waals surface area contributed by atoms with Crippen molar-refractivity contribution in [2.75, 3.05) is 6.61 Å². The van der Waals surface area contributed by atoms with Gasteiger partial charge in [-0.05, 0) is 12.8 Å². The van der Waals surface area contributed by atoms with Crippen molar-refractivity contribution in [3.05, 3.63) is 11.9 Å². The monoisotopic (exact) mass is 294 g/mol. The van der Waals surface area contributed by atoms with Gasteiger partial charge in [0.15, 0.2) is 0 Å². The number of ether oxygens (including phenoxy) is 1. The molecule has 0 bridgehead atoms. The molecule has 0 aliphatic carbocycles. The van der Waals surface area contributed by atoms with Crippen molar-refractivity contribution in [1.29, 1.82) is 0 Å². The number of hydrogen-bond acceptors (Lipinski definition) is 4. The first-order valence-electron chi connectivity index (χ1n) is 6.07. The Morgan fingerprint density at radius 2 is 2.11 bits per heavy atom. The van der Waals surface area contributed by atoms with Crippen LogP contribution < -0.4 is 0 Å². The van der Waals surface area contributed by atoms with Crippen LogP contribution in [0.15, 0.2) is 11.1 Å². The van der Waals surface area contributed by atoms with Gasteiger partial charge in [0.25, 0.3) is 9.05 Å². The minimum atomic E-state index is -3.77. The maximum Gasteiger partial charge on any atom is 0.264 e. The number of aryl methyl sites for hydroxylation is 1. The van der Waals surface area contributed by atoms with Crippen LogP contribution in [0.1, 0.15) is 38.8 Å². The molecule has 0 N–H and O–H groups in total. The fourth-order valence-corrected chi connectivity index (χ4v) is 2.51. The first kappa shape index (κ1) is 15.5. The minimum absolute atomic E-state index is 0.0522. The molecule has 0 saturated heterocycles. The standard InChI is InChI=1S/C11H19ClN2O3S/c1-3-5-6-14-8-11(18(12,15)16)10(13-14)9-17-7-4-2/h8H,3-7,9H2,1-2H3. The van der Waals surface area contributed by atoms with E-state index in [0.29, 0.717) is 18.8 Å². The zero-order valence-corrected chi connectivity index (χ0v) is 12.3. The summed E-state index contributed by atoms with van der Waals surface area (Å²) in [4.78, 5) is 0.0522. The SMILES string of the molecule is CCCCn1cc(S(=O)(=O)Cl)c(COCCC)n1. The number of unbranched alkanes of at least 4 members (excludes halogenated alkanes) is 1. The van der Waals surface area contributed by atoms with Crippen molar-refractivity contribution >= 4 is 19.7 Å². The van der Waals surface area contributed by atoms with Gasteiger partial charge in [-0.15, -0.1) is 0 Å². The maximum absolute atomic E-state index is 11.4. The van der Waals surface area contributed by atoms with Gasteiger partial charge >= 0.3 is 0 Å². The molecule has 1 heterocycles. The van der Waals surface area contributed by atoms with Gasteiger partial charge in [-0.25, -0.2) is 8.42 Å². The highest BCUT2D eigenvalue weighted by Gasteiger charge is 2.20. The van der Waals surface area contributed by atoms with E-state index in [1.807, 2.05) is 6.92 Å². The molecule has 0 amide bonds. The van der Waals surface area contributed by atoms with Gasteiger partial charge in [0.2, 0.25) is 0 Å². The normalized spacial score (nSPS) is 11.9. The average molecular weight is 295 g/mol. The average Bonchev–Trinajstić information content (AvgIpc) is 2.70. The summed E-state index contributed by atoms with van der Waals surface area (Å²) in [5.41, 5.74) is 0.384. The van der Waals surface area contributed by atoms with Crippen molar-refractivity contribution in [3.63, 3.8) is 0 Å². The summed E-state index contributed by atoms with van der Waals surface area (Å²) in [5.74, 6) is 0. The highest BCUT2D eigenvalue weighted by Crippen LogP contribution is 2.20. The third-order valence-electron chi connectivity index (χ3n) is 2.39. The van der Waals surface area contributed by atoms with Crippen LogP contribution in [-0.4, -0.2) is 24.8 Å². The molecule has 0 atom stereocenters. The minimum Gasteiger partial charge on any atom is -0.375 e. The first-order chi connectivity index (χ1) is 8.49. The van der Waals surface area contributed by atoms with E-state index in [0.717, 1.165) is 19.3 Å². The van der Waals surface area contributed by atoms with Crippen LogP contribution in [0.2, 0.25) is 0 Å². The molecule has 1 aromatic heterocycles. The first-order valence-corrected chi connectivity index (χ1v) is 8.38. The topological polar surface area (TPSA) is 61.2 Å². The Bertz CT molecular complexity index is 471. The van der Waals surface area contributed by atoms with Crippen molar-refractivity contribution in [1.82, 2.24) is 9.78 Å². The van der Waals surface area contributed by atoms with Crippen molar-refractivity contribution in [2.45, 2.75) is 51.2 Å². The molecule has 0 aliphatic heterocycles. The molecule has 0 unspecified atom stereocenters. The molecular formula is C11H19ClN2O3S. The predicted molar refractivity (Wildman–Crippen MR) is 70.1 cm³/mol. The van der Waals surface area contributed by atoms with Crippen LogP contribution in [0.5, 0.6) is 0 Å². The zero-order chi connectivity index (χ0) is 13.6. The van der Waals surface area contributed by atoms with Crippen molar-refractivity contribution in [2.24, 2.45) is 0 Å². The fourth-order valence-electron chi connectivity index (χ4n) is 1.49. The molecule has 0 saturated carbocycles. The molecule has 0 fully saturated rings. The lowest BCUT2D eigenvalue weighted by molar-refractivity contribution is 0.117. The lowest BCUT2D eigenvalue weighted by Crippen LogP contribution is -2.01. The van der Waals surface area contributed by atoms with Crippen molar-refractivity contribution < 1.29 is 13.2 Å². The van der Waals surface area contributed by atoms with Crippen LogP contribution in [0, 0.1) is 0 Å². The van der Waals surface area contributed by atoms with Crippen LogP contribution >= 0.6 is 10.7 Å². The Hall–Kier alpha value is -0.590. The Balaban J connectivity index is 2.87. The van der Waals surface area contributed by atoms with Gasteiger partial charge in [-0.2, -0.15) is 5.10 Å². The van der Waals surface area contributed by atoms with E-state index in [9.17, 15) is 8.42 Å². The number of hydrogen-bond donors (Lipinski definition) is 0. The van der Waals surface area contributed by atoms with E-state index in [-0.39, 0.29) is 11.5 Å². The Morgan fingerprint density at radius 3 is 2.67 bits per heavy atom. The number of halogens is 1. The van der Waals surface area contributed by atoms with E-state index in [1.54, 1.807) is 4.68 Å². The fraction of sp³-hybridized carbons (Fsp3) is 0.727. The summed E-state index contributed by atoms with van der Waals surface area (Å²) in [6, 6.07) is 0. The number of nitrogens with zero attached hydrogens (tertiary/aromatic N) is 2. The van der Waals surface area contributed by atoms with Gasteiger partial charge in [0.1, 0.15) is 10.6 Å². The number of rotatable bonds is 8. The van der Waals surface area contributed by atoms with Crippen LogP contribution in [0.25, 0.3) is 0 Å². The summed E-state index contributed by atoms with van der Waals surface area (Å²) >= 11 is 0. The second-order valence-corrected chi connectivity index (χ2v) is 6.58. The third-order valence-corrected chi connectivity index (χ3v) is 3.76. The van der Waals surface area contributed by atoms with E-state index in [4.69, 9.17) is 15.4 Å². The van der Waals surface area contributed by atoms with Gasteiger partial charge in [-0.3, -0.25) is 4.68 Å². The molecule has 1 aromatic rings. The molecule has 104 valence electrons. The van der Waals surface area contributed by atoms with E-state index in [1.165, 1.54) is 6.20 Å². The van der Waals surface area contributed by atoms with E-state index >= 15 is 0 Å². The summed E-state index contributed by atoms with van der Waals surface area (Å²) in [7, 11) is 1.62. The Morgan fingerprint density at radius 1 is 1.39 bits per heavy atom. The highest BCUT2D eigenvalue weighted by molar-refractivity contribution is 8.13. The molecule has 1 rings (SSSR count). The summed E-state index contributed by atoms with van der Waals surface area (Å²) < 4.78 is 29.8. The molecule has 0 radical (unpaired) electrons. The second-order valence-electron chi connectivity index (χ2n) is 4.05. The quantitative estimate of drug-likeness (QED) is 0.546. The predicted octanol–water partition coefficient (Wildman–Crippen LogP) is 2.54. The smallest absolute Gasteiger partial charge is 0.264 e. The lowest BCUT2D eigenvalue weighted by Gasteiger charge is -2.00. The Labute approximate surface area is 113 Å². The van der Waals surface area contributed by atoms with Gasteiger partial charge in [-0.1, -0.05) is 20.3 Å². The van der Waals surface area contributed by atoms with Crippen LogP contribution in [0.3, 0.4) is 0 Å². The summed E-state index contributed by atoms with van der Waals surface area (Å²) in [6.07, 6.45) is 4.31. The van der Waals surface area contributed by atoms with Gasteiger partial charge in [0.05, 0.1) is 6.61 Å². The number of aromatic nitrogens is 2. The van der Waals surface area contributed by atoms with Gasteiger partial charge < -0.3 is 4.74 Å². The molecule has 5 nitrogen and oxygen atoms in total. The molecule has 7 heteroatoms. The molecule has 0 aliphatic rings. The van der Waals surface area contributed by atoms with E-state index < -0.39 is 9.05 Å². The zero-order valence-electron chi connectivity index (χ0n) is 10.7. The van der Waals surface area contributed by atoms with Crippen LogP contribution in [0.4, 0.5) is 0 Å². The van der Waals surface area contributed by atoms with Crippen LogP contribution in [-0.2, 0) is 26.9 Å². The molecule has 18 heavy (non-hydrogen) atoms. The second kappa shape index (κ2) is 7.11. The van der Waals surface area contributed by atoms with Gasteiger partial charge in [0, 0.05) is 30.0 Å². The molecule has 0 aromatic carbocycles.